The number of benzene rings is 1. The van der Waals surface area contributed by atoms with E-state index in [1.54, 1.807) is 0 Å². The van der Waals surface area contributed by atoms with Gasteiger partial charge in [-0.1, -0.05) is 51.9 Å². The first-order valence-corrected chi connectivity index (χ1v) is 7.38. The molecular formula is C16H26O3. The van der Waals surface area contributed by atoms with Gasteiger partial charge in [0.2, 0.25) is 0 Å². The molecule has 19 heavy (non-hydrogen) atoms. The van der Waals surface area contributed by atoms with Gasteiger partial charge in [-0.3, -0.25) is 0 Å². The monoisotopic (exact) mass is 266 g/mol. The highest BCUT2D eigenvalue weighted by Crippen LogP contribution is 2.25. The fourth-order valence-electron chi connectivity index (χ4n) is 2.08. The van der Waals surface area contributed by atoms with Gasteiger partial charge in [-0.25, -0.2) is 0 Å². The van der Waals surface area contributed by atoms with E-state index >= 15 is 0 Å². The first-order chi connectivity index (χ1) is 9.22. The highest BCUT2D eigenvalue weighted by molar-refractivity contribution is 5.40. The Morgan fingerprint density at radius 3 is 1.89 bits per heavy atom. The zero-order valence-corrected chi connectivity index (χ0v) is 11.9. The van der Waals surface area contributed by atoms with E-state index in [-0.39, 0.29) is 11.5 Å². The van der Waals surface area contributed by atoms with E-state index in [1.165, 1.54) is 63.1 Å². The van der Waals surface area contributed by atoms with Crippen LogP contribution in [0.15, 0.2) is 18.2 Å². The fourth-order valence-corrected chi connectivity index (χ4v) is 2.08. The van der Waals surface area contributed by atoms with Crippen LogP contribution >= 0.6 is 0 Å². The Morgan fingerprint density at radius 1 is 0.789 bits per heavy atom. The molecule has 0 heterocycles. The van der Waals surface area contributed by atoms with Crippen LogP contribution in [0.3, 0.4) is 0 Å². The molecule has 0 aliphatic carbocycles. The lowest BCUT2D eigenvalue weighted by atomic mass is 10.1. The third-order valence-corrected chi connectivity index (χ3v) is 3.14. The topological polar surface area (TPSA) is 49.7 Å². The van der Waals surface area contributed by atoms with E-state index in [0.717, 1.165) is 6.42 Å². The van der Waals surface area contributed by atoms with Gasteiger partial charge in [-0.05, 0) is 6.42 Å². The summed E-state index contributed by atoms with van der Waals surface area (Å²) in [5.74, 6) is 0.595. The summed E-state index contributed by atoms with van der Waals surface area (Å²) >= 11 is 0. The van der Waals surface area contributed by atoms with Crippen molar-refractivity contribution >= 4 is 0 Å². The number of hydrogen-bond donors (Lipinski definition) is 2. The summed E-state index contributed by atoms with van der Waals surface area (Å²) in [4.78, 5) is 0. The number of phenolic OH excluding ortho intramolecular Hbond substituents is 2. The van der Waals surface area contributed by atoms with E-state index in [0.29, 0.717) is 12.4 Å². The van der Waals surface area contributed by atoms with Crippen LogP contribution in [-0.2, 0) is 0 Å². The van der Waals surface area contributed by atoms with Crippen LogP contribution in [0.1, 0.15) is 58.3 Å². The van der Waals surface area contributed by atoms with Gasteiger partial charge in [0.15, 0.2) is 0 Å². The first kappa shape index (κ1) is 15.7. The predicted octanol–water partition coefficient (Wildman–Crippen LogP) is 4.62. The van der Waals surface area contributed by atoms with Crippen LogP contribution in [0, 0.1) is 0 Å². The Morgan fingerprint density at radius 2 is 1.32 bits per heavy atom. The van der Waals surface area contributed by atoms with Crippen LogP contribution in [0.25, 0.3) is 0 Å². The number of ether oxygens (including phenoxy) is 1. The largest absolute Gasteiger partial charge is 0.508 e. The van der Waals surface area contributed by atoms with E-state index < -0.39 is 0 Å². The molecule has 0 aliphatic rings. The Bertz CT molecular complexity index is 330. The van der Waals surface area contributed by atoms with Gasteiger partial charge in [-0.15, -0.1) is 0 Å². The number of unbranched alkanes of at least 4 members (excludes halogenated alkanes) is 7. The zero-order valence-electron chi connectivity index (χ0n) is 11.9. The zero-order chi connectivity index (χ0) is 13.9. The Labute approximate surface area is 116 Å². The van der Waals surface area contributed by atoms with Crippen LogP contribution in [0.4, 0.5) is 0 Å². The maximum absolute atomic E-state index is 9.30. The summed E-state index contributed by atoms with van der Waals surface area (Å²) in [7, 11) is 0. The third-order valence-electron chi connectivity index (χ3n) is 3.14. The summed E-state index contributed by atoms with van der Waals surface area (Å²) < 4.78 is 5.49. The number of hydrogen-bond acceptors (Lipinski definition) is 3. The van der Waals surface area contributed by atoms with Gasteiger partial charge in [0, 0.05) is 18.2 Å². The highest BCUT2D eigenvalue weighted by Gasteiger charge is 2.00. The molecule has 0 spiro atoms. The molecule has 0 radical (unpaired) electrons. The van der Waals surface area contributed by atoms with Crippen LogP contribution < -0.4 is 4.74 Å². The molecule has 3 heteroatoms. The molecule has 2 N–H and O–H groups in total. The molecule has 0 aromatic heterocycles. The minimum absolute atomic E-state index is 0.0333. The molecule has 0 bridgehead atoms. The van der Waals surface area contributed by atoms with Crippen molar-refractivity contribution in [1.29, 1.82) is 0 Å². The number of rotatable bonds is 10. The van der Waals surface area contributed by atoms with Gasteiger partial charge in [-0.2, -0.15) is 0 Å². The lowest BCUT2D eigenvalue weighted by Gasteiger charge is -2.07. The minimum atomic E-state index is 0.0333. The van der Waals surface area contributed by atoms with Crippen molar-refractivity contribution in [3.05, 3.63) is 18.2 Å². The maximum atomic E-state index is 9.30. The van der Waals surface area contributed by atoms with Crippen LogP contribution in [0.2, 0.25) is 0 Å². The van der Waals surface area contributed by atoms with Gasteiger partial charge in [0.25, 0.3) is 0 Å². The first-order valence-electron chi connectivity index (χ1n) is 7.38. The molecule has 0 atom stereocenters. The third kappa shape index (κ3) is 7.60. The average molecular weight is 266 g/mol. The molecule has 1 aromatic rings. The van der Waals surface area contributed by atoms with Gasteiger partial charge in [0.05, 0.1) is 6.61 Å². The number of aromatic hydroxyl groups is 2. The van der Waals surface area contributed by atoms with Crippen molar-refractivity contribution in [2.24, 2.45) is 0 Å². The Kier molecular flexibility index (Phi) is 7.87. The van der Waals surface area contributed by atoms with E-state index in [1.807, 2.05) is 0 Å². The second-order valence-corrected chi connectivity index (χ2v) is 5.01. The van der Waals surface area contributed by atoms with Crippen LogP contribution in [-0.4, -0.2) is 16.8 Å². The maximum Gasteiger partial charge on any atom is 0.126 e. The molecule has 0 saturated carbocycles. The Hall–Kier alpha value is -1.38. The summed E-state index contributed by atoms with van der Waals surface area (Å²) in [6.07, 6.45) is 10.1. The normalized spacial score (nSPS) is 10.6. The summed E-state index contributed by atoms with van der Waals surface area (Å²) in [6, 6.07) is 4.33. The van der Waals surface area contributed by atoms with Gasteiger partial charge >= 0.3 is 0 Å². The molecule has 0 unspecified atom stereocenters. The average Bonchev–Trinajstić information content (AvgIpc) is 2.36. The molecule has 0 aliphatic heterocycles. The van der Waals surface area contributed by atoms with Gasteiger partial charge in [0.1, 0.15) is 17.2 Å². The molecule has 1 rings (SSSR count). The lowest BCUT2D eigenvalue weighted by Crippen LogP contribution is -1.97. The van der Waals surface area contributed by atoms with E-state index in [4.69, 9.17) is 4.74 Å². The summed E-state index contributed by atoms with van der Waals surface area (Å²) in [5, 5.41) is 18.6. The van der Waals surface area contributed by atoms with Crippen molar-refractivity contribution in [2.75, 3.05) is 6.61 Å². The predicted molar refractivity (Wildman–Crippen MR) is 77.9 cm³/mol. The number of phenols is 2. The molecule has 108 valence electrons. The molecule has 0 fully saturated rings. The SMILES string of the molecule is CCCCCCCCCCOc1cc(O)cc(O)c1. The highest BCUT2D eigenvalue weighted by atomic mass is 16.5. The van der Waals surface area contributed by atoms with Crippen molar-refractivity contribution in [1.82, 2.24) is 0 Å². The van der Waals surface area contributed by atoms with Crippen molar-refractivity contribution in [3.8, 4) is 17.2 Å². The molecule has 1 aromatic carbocycles. The standard InChI is InChI=1S/C16H26O3/c1-2-3-4-5-6-7-8-9-10-19-16-12-14(17)11-15(18)13-16/h11-13,17-18H,2-10H2,1H3. The van der Waals surface area contributed by atoms with E-state index in [2.05, 4.69) is 6.92 Å². The summed E-state index contributed by atoms with van der Waals surface area (Å²) in [5.41, 5.74) is 0. The quantitative estimate of drug-likeness (QED) is 0.608. The van der Waals surface area contributed by atoms with Crippen LogP contribution in [0.5, 0.6) is 17.2 Å². The second kappa shape index (κ2) is 9.54. The summed E-state index contributed by atoms with van der Waals surface area (Å²) in [6.45, 7) is 2.87. The molecule has 3 nitrogen and oxygen atoms in total. The molecule has 0 amide bonds. The lowest BCUT2D eigenvalue weighted by molar-refractivity contribution is 0.300. The van der Waals surface area contributed by atoms with Crippen molar-refractivity contribution in [3.63, 3.8) is 0 Å². The molecule has 0 saturated heterocycles. The van der Waals surface area contributed by atoms with E-state index in [9.17, 15) is 10.2 Å². The second-order valence-electron chi connectivity index (χ2n) is 5.01. The van der Waals surface area contributed by atoms with Crippen molar-refractivity contribution in [2.45, 2.75) is 58.3 Å². The van der Waals surface area contributed by atoms with Gasteiger partial charge < -0.3 is 14.9 Å². The molecular weight excluding hydrogens is 240 g/mol. The minimum Gasteiger partial charge on any atom is -0.508 e. The van der Waals surface area contributed by atoms with Crippen molar-refractivity contribution < 1.29 is 14.9 Å². The Balaban J connectivity index is 2.01. The smallest absolute Gasteiger partial charge is 0.126 e. The fraction of sp³-hybridized carbons (Fsp3) is 0.625.